The molecule has 1 aliphatic carbocycles. The standard InChI is InChI=1S/C25H21N5O3/c1-15-23-20(12-21(16-8-9-16)28-25(23)33-29-15)24(31)27-17-5-4-6-19(11-17)32-14-18-13-30-10-3-2-7-22(30)26-18/h2-7,10-13,16H,8-9,14H2,1H3,(H,27,31). The van der Waals surface area contributed by atoms with Gasteiger partial charge >= 0.3 is 0 Å². The molecule has 33 heavy (non-hydrogen) atoms. The first-order valence-electron chi connectivity index (χ1n) is 10.9. The van der Waals surface area contributed by atoms with Crippen molar-refractivity contribution in [3.63, 3.8) is 0 Å². The molecule has 0 saturated heterocycles. The molecule has 1 fully saturated rings. The highest BCUT2D eigenvalue weighted by molar-refractivity contribution is 6.12. The van der Waals surface area contributed by atoms with E-state index in [0.29, 0.717) is 46.3 Å². The number of aryl methyl sites for hydroxylation is 1. The second kappa shape index (κ2) is 7.74. The Morgan fingerprint density at radius 2 is 2.09 bits per heavy atom. The minimum atomic E-state index is -0.229. The summed E-state index contributed by atoms with van der Waals surface area (Å²) in [6.07, 6.45) is 6.05. The van der Waals surface area contributed by atoms with Crippen LogP contribution in [0, 0.1) is 6.92 Å². The topological polar surface area (TPSA) is 94.5 Å². The van der Waals surface area contributed by atoms with E-state index < -0.39 is 0 Å². The van der Waals surface area contributed by atoms with Gasteiger partial charge in [-0.15, -0.1) is 0 Å². The maximum atomic E-state index is 13.2. The highest BCUT2D eigenvalue weighted by Crippen LogP contribution is 2.40. The molecule has 4 aromatic heterocycles. The van der Waals surface area contributed by atoms with Gasteiger partial charge in [0.2, 0.25) is 0 Å². The molecule has 8 heteroatoms. The Hall–Kier alpha value is -4.20. The summed E-state index contributed by atoms with van der Waals surface area (Å²) in [4.78, 5) is 22.3. The summed E-state index contributed by atoms with van der Waals surface area (Å²) < 4.78 is 13.2. The lowest BCUT2D eigenvalue weighted by molar-refractivity contribution is 0.102. The zero-order chi connectivity index (χ0) is 22.4. The third-order valence-electron chi connectivity index (χ3n) is 5.77. The molecule has 0 unspecified atom stereocenters. The summed E-state index contributed by atoms with van der Waals surface area (Å²) in [7, 11) is 0. The molecule has 6 rings (SSSR count). The lowest BCUT2D eigenvalue weighted by Crippen LogP contribution is -2.13. The normalized spacial score (nSPS) is 13.5. The van der Waals surface area contributed by atoms with Crippen LogP contribution in [0.1, 0.15) is 46.2 Å². The fourth-order valence-electron chi connectivity index (χ4n) is 3.96. The van der Waals surface area contributed by atoms with Crippen molar-refractivity contribution in [2.45, 2.75) is 32.3 Å². The quantitative estimate of drug-likeness (QED) is 0.405. The van der Waals surface area contributed by atoms with E-state index in [4.69, 9.17) is 9.26 Å². The van der Waals surface area contributed by atoms with Crippen LogP contribution < -0.4 is 10.1 Å². The van der Waals surface area contributed by atoms with Gasteiger partial charge in [0.1, 0.15) is 18.0 Å². The molecule has 1 amide bonds. The smallest absolute Gasteiger partial charge is 0.259 e. The number of carbonyl (C=O) groups is 1. The predicted octanol–water partition coefficient (Wildman–Crippen LogP) is 4.89. The van der Waals surface area contributed by atoms with Crippen molar-refractivity contribution < 1.29 is 14.1 Å². The number of anilines is 1. The maximum Gasteiger partial charge on any atom is 0.259 e. The van der Waals surface area contributed by atoms with Gasteiger partial charge in [0.25, 0.3) is 11.6 Å². The first kappa shape index (κ1) is 19.5. The van der Waals surface area contributed by atoms with Gasteiger partial charge in [-0.25, -0.2) is 9.97 Å². The van der Waals surface area contributed by atoms with Crippen LogP contribution in [0.3, 0.4) is 0 Å². The fourth-order valence-corrected chi connectivity index (χ4v) is 3.96. The van der Waals surface area contributed by atoms with Crippen molar-refractivity contribution in [1.82, 2.24) is 19.5 Å². The summed E-state index contributed by atoms with van der Waals surface area (Å²) in [5.41, 5.74) is 4.80. The van der Waals surface area contributed by atoms with E-state index in [-0.39, 0.29) is 5.91 Å². The van der Waals surface area contributed by atoms with Crippen molar-refractivity contribution in [2.24, 2.45) is 0 Å². The number of carbonyl (C=O) groups excluding carboxylic acids is 1. The fraction of sp³-hybridized carbons (Fsp3) is 0.200. The van der Waals surface area contributed by atoms with E-state index >= 15 is 0 Å². The predicted molar refractivity (Wildman–Crippen MR) is 122 cm³/mol. The molecule has 0 aliphatic heterocycles. The number of amides is 1. The highest BCUT2D eigenvalue weighted by Gasteiger charge is 2.28. The van der Waals surface area contributed by atoms with E-state index in [9.17, 15) is 4.79 Å². The molecular formula is C25H21N5O3. The minimum Gasteiger partial charge on any atom is -0.487 e. The third-order valence-corrected chi connectivity index (χ3v) is 5.77. The molecule has 1 N–H and O–H groups in total. The number of rotatable bonds is 6. The second-order valence-electron chi connectivity index (χ2n) is 8.29. The Morgan fingerprint density at radius 3 is 2.94 bits per heavy atom. The largest absolute Gasteiger partial charge is 0.487 e. The van der Waals surface area contributed by atoms with Crippen LogP contribution in [0.25, 0.3) is 16.7 Å². The molecule has 0 spiro atoms. The molecule has 1 aromatic carbocycles. The van der Waals surface area contributed by atoms with E-state index in [0.717, 1.165) is 29.9 Å². The number of fused-ring (bicyclic) bond motifs is 2. The van der Waals surface area contributed by atoms with Gasteiger partial charge in [0.15, 0.2) is 0 Å². The van der Waals surface area contributed by atoms with Gasteiger partial charge in [0.05, 0.1) is 22.3 Å². The second-order valence-corrected chi connectivity index (χ2v) is 8.29. The van der Waals surface area contributed by atoms with Crippen LogP contribution in [-0.2, 0) is 6.61 Å². The molecule has 0 radical (unpaired) electrons. The number of imidazole rings is 1. The molecule has 0 atom stereocenters. The summed E-state index contributed by atoms with van der Waals surface area (Å²) in [5.74, 6) is 0.806. The average molecular weight is 439 g/mol. The molecule has 5 aromatic rings. The van der Waals surface area contributed by atoms with Gasteiger partial charge in [-0.2, -0.15) is 0 Å². The number of nitrogens with one attached hydrogen (secondary N) is 1. The van der Waals surface area contributed by atoms with Gasteiger partial charge in [-0.1, -0.05) is 17.3 Å². The van der Waals surface area contributed by atoms with E-state index in [2.05, 4.69) is 20.4 Å². The number of hydrogen-bond donors (Lipinski definition) is 1. The van der Waals surface area contributed by atoms with Crippen molar-refractivity contribution >= 4 is 28.3 Å². The first-order chi connectivity index (χ1) is 16.1. The number of nitrogens with zero attached hydrogens (tertiary/aromatic N) is 4. The third kappa shape index (κ3) is 3.80. The molecular weight excluding hydrogens is 418 g/mol. The molecule has 164 valence electrons. The van der Waals surface area contributed by atoms with Crippen molar-refractivity contribution in [3.8, 4) is 5.75 Å². The van der Waals surface area contributed by atoms with Crippen molar-refractivity contribution in [2.75, 3.05) is 5.32 Å². The molecule has 1 aliphatic rings. The number of aromatic nitrogens is 4. The van der Waals surface area contributed by atoms with Crippen LogP contribution in [0.5, 0.6) is 5.75 Å². The van der Waals surface area contributed by atoms with E-state index in [1.165, 1.54) is 0 Å². The van der Waals surface area contributed by atoms with Gasteiger partial charge in [-0.3, -0.25) is 4.79 Å². The van der Waals surface area contributed by atoms with Gasteiger partial charge < -0.3 is 19.0 Å². The zero-order valence-corrected chi connectivity index (χ0v) is 18.0. The minimum absolute atomic E-state index is 0.229. The lowest BCUT2D eigenvalue weighted by atomic mass is 10.1. The van der Waals surface area contributed by atoms with Crippen LogP contribution in [0.15, 0.2) is 65.4 Å². The van der Waals surface area contributed by atoms with Crippen molar-refractivity contribution in [1.29, 1.82) is 0 Å². The number of ether oxygens (including phenoxy) is 1. The SMILES string of the molecule is Cc1noc2nc(C3CC3)cc(C(=O)Nc3cccc(OCc4cn5ccccc5n4)c3)c12. The Balaban J connectivity index is 1.21. The molecule has 0 bridgehead atoms. The first-order valence-corrected chi connectivity index (χ1v) is 10.9. The van der Waals surface area contributed by atoms with Gasteiger partial charge in [0, 0.05) is 35.8 Å². The Bertz CT molecular complexity index is 1470. The van der Waals surface area contributed by atoms with Crippen LogP contribution in [0.4, 0.5) is 5.69 Å². The Labute approximate surface area is 189 Å². The van der Waals surface area contributed by atoms with E-state index in [1.807, 2.05) is 66.2 Å². The number of hydrogen-bond acceptors (Lipinski definition) is 6. The van der Waals surface area contributed by atoms with Crippen LogP contribution in [-0.4, -0.2) is 25.4 Å². The molecule has 1 saturated carbocycles. The van der Waals surface area contributed by atoms with Crippen LogP contribution >= 0.6 is 0 Å². The summed E-state index contributed by atoms with van der Waals surface area (Å²) in [6.45, 7) is 2.14. The zero-order valence-electron chi connectivity index (χ0n) is 18.0. The lowest BCUT2D eigenvalue weighted by Gasteiger charge is -2.10. The Morgan fingerprint density at radius 1 is 1.18 bits per heavy atom. The average Bonchev–Trinajstić information content (AvgIpc) is 3.49. The van der Waals surface area contributed by atoms with Gasteiger partial charge in [-0.05, 0) is 50.1 Å². The summed E-state index contributed by atoms with van der Waals surface area (Å²) in [6, 6.07) is 15.0. The summed E-state index contributed by atoms with van der Waals surface area (Å²) >= 11 is 0. The van der Waals surface area contributed by atoms with Crippen LogP contribution in [0.2, 0.25) is 0 Å². The monoisotopic (exact) mass is 439 g/mol. The summed E-state index contributed by atoms with van der Waals surface area (Å²) in [5, 5.41) is 7.63. The van der Waals surface area contributed by atoms with Crippen molar-refractivity contribution in [3.05, 3.63) is 83.6 Å². The Kier molecular flexibility index (Phi) is 4.57. The molecule has 8 nitrogen and oxygen atoms in total. The number of benzene rings is 1. The maximum absolute atomic E-state index is 13.2. The number of pyridine rings is 2. The highest BCUT2D eigenvalue weighted by atomic mass is 16.5. The van der Waals surface area contributed by atoms with E-state index in [1.54, 1.807) is 6.07 Å². The molecule has 4 heterocycles.